The van der Waals surface area contributed by atoms with E-state index in [-0.39, 0.29) is 0 Å². The van der Waals surface area contributed by atoms with Gasteiger partial charge in [0.25, 0.3) is 0 Å². The number of benzene rings is 1. The van der Waals surface area contributed by atoms with Crippen molar-refractivity contribution in [1.29, 1.82) is 0 Å². The minimum atomic E-state index is 0.515. The number of hydrogen-bond acceptors (Lipinski definition) is 1. The Kier molecular flexibility index (Phi) is 1.74. The zero-order valence-corrected chi connectivity index (χ0v) is 8.24. The van der Waals surface area contributed by atoms with E-state index in [0.29, 0.717) is 11.5 Å². The summed E-state index contributed by atoms with van der Waals surface area (Å²) >= 11 is 0. The van der Waals surface area contributed by atoms with Gasteiger partial charge in [-0.25, -0.2) is 0 Å². The van der Waals surface area contributed by atoms with Crippen molar-refractivity contribution in [2.75, 3.05) is 6.54 Å². The van der Waals surface area contributed by atoms with E-state index in [4.69, 9.17) is 0 Å². The molecule has 1 nitrogen and oxygen atoms in total. The van der Waals surface area contributed by atoms with Gasteiger partial charge >= 0.3 is 0 Å². The summed E-state index contributed by atoms with van der Waals surface area (Å²) in [6, 6.07) is 11.4. The largest absolute Gasteiger partial charge is 0.309 e. The van der Waals surface area contributed by atoms with E-state index < -0.39 is 0 Å². The van der Waals surface area contributed by atoms with Crippen molar-refractivity contribution in [3.63, 3.8) is 0 Å². The molecule has 0 saturated carbocycles. The number of allylic oxidation sites excluding steroid dienone is 2. The first-order chi connectivity index (χ1) is 6.91. The smallest absolute Gasteiger partial charge is 0.0395 e. The molecule has 1 aliphatic heterocycles. The third kappa shape index (κ3) is 1.05. The lowest BCUT2D eigenvalue weighted by molar-refractivity contribution is 0.0968. The van der Waals surface area contributed by atoms with Crippen molar-refractivity contribution < 1.29 is 0 Å². The molecule has 72 valence electrons. The van der Waals surface area contributed by atoms with Gasteiger partial charge in [-0.1, -0.05) is 42.5 Å². The first-order valence-corrected chi connectivity index (χ1v) is 5.34. The highest BCUT2D eigenvalue weighted by atomic mass is 15.0. The van der Waals surface area contributed by atoms with Crippen LogP contribution in [-0.4, -0.2) is 6.54 Å². The lowest BCUT2D eigenvalue weighted by Gasteiger charge is -2.48. The van der Waals surface area contributed by atoms with Crippen LogP contribution in [0.3, 0.4) is 0 Å². The number of nitrogens with one attached hydrogen (secondary N) is 1. The molecule has 0 bridgehead atoms. The summed E-state index contributed by atoms with van der Waals surface area (Å²) in [5.74, 6) is 0. The minimum Gasteiger partial charge on any atom is -0.309 e. The highest BCUT2D eigenvalue weighted by Crippen LogP contribution is 2.49. The molecule has 1 atom stereocenters. The van der Waals surface area contributed by atoms with Gasteiger partial charge in [0.15, 0.2) is 0 Å². The first-order valence-electron chi connectivity index (χ1n) is 5.34. The molecule has 0 amide bonds. The summed E-state index contributed by atoms with van der Waals surface area (Å²) in [6.45, 7) is 1.18. The van der Waals surface area contributed by atoms with Gasteiger partial charge in [-0.3, -0.25) is 0 Å². The van der Waals surface area contributed by atoms with Crippen LogP contribution in [0.2, 0.25) is 0 Å². The van der Waals surface area contributed by atoms with Gasteiger partial charge in [-0.05, 0) is 18.4 Å². The van der Waals surface area contributed by atoms with Crippen molar-refractivity contribution >= 4 is 0 Å². The maximum Gasteiger partial charge on any atom is 0.0395 e. The van der Waals surface area contributed by atoms with Crippen molar-refractivity contribution in [3.8, 4) is 0 Å². The maximum atomic E-state index is 3.55. The van der Waals surface area contributed by atoms with Crippen LogP contribution < -0.4 is 5.32 Å². The van der Waals surface area contributed by atoms with Crippen LogP contribution in [0.1, 0.15) is 24.4 Å². The van der Waals surface area contributed by atoms with E-state index in [1.54, 1.807) is 0 Å². The normalized spacial score (nSPS) is 27.9. The lowest BCUT2D eigenvalue weighted by atomic mass is 9.69. The predicted molar refractivity (Wildman–Crippen MR) is 58.0 cm³/mol. The Balaban J connectivity index is 1.87. The summed E-state index contributed by atoms with van der Waals surface area (Å²) in [5.41, 5.74) is 1.96. The highest BCUT2D eigenvalue weighted by Gasteiger charge is 2.46. The van der Waals surface area contributed by atoms with Gasteiger partial charge in [-0.2, -0.15) is 0 Å². The molecule has 1 heterocycles. The van der Waals surface area contributed by atoms with Gasteiger partial charge in [-0.15, -0.1) is 0 Å². The van der Waals surface area contributed by atoms with E-state index >= 15 is 0 Å². The van der Waals surface area contributed by atoms with Gasteiger partial charge in [0, 0.05) is 18.0 Å². The Labute approximate surface area is 84.8 Å². The summed E-state index contributed by atoms with van der Waals surface area (Å²) in [6.07, 6.45) is 7.16. The summed E-state index contributed by atoms with van der Waals surface area (Å²) < 4.78 is 0. The summed E-state index contributed by atoms with van der Waals surface area (Å²) in [5, 5.41) is 3.55. The van der Waals surface area contributed by atoms with E-state index in [0.717, 1.165) is 0 Å². The van der Waals surface area contributed by atoms with Crippen molar-refractivity contribution in [3.05, 3.63) is 48.0 Å². The fourth-order valence-electron chi connectivity index (χ4n) is 2.71. The molecule has 1 aliphatic carbocycles. The van der Waals surface area contributed by atoms with Crippen molar-refractivity contribution in [2.24, 2.45) is 5.41 Å². The van der Waals surface area contributed by atoms with E-state index in [9.17, 15) is 0 Å². The Morgan fingerprint density at radius 3 is 2.36 bits per heavy atom. The average Bonchev–Trinajstić information content (AvgIpc) is 2.68. The SMILES string of the molecule is C1=CCC2(C1)CN[C@@H]2c1ccccc1. The van der Waals surface area contributed by atoms with E-state index in [1.165, 1.54) is 24.9 Å². The minimum absolute atomic E-state index is 0.515. The van der Waals surface area contributed by atoms with E-state index in [1.807, 2.05) is 0 Å². The number of hydrogen-bond donors (Lipinski definition) is 1. The van der Waals surface area contributed by atoms with Crippen LogP contribution in [-0.2, 0) is 0 Å². The molecule has 0 unspecified atom stereocenters. The monoisotopic (exact) mass is 185 g/mol. The third-order valence-corrected chi connectivity index (χ3v) is 3.62. The average molecular weight is 185 g/mol. The van der Waals surface area contributed by atoms with Crippen molar-refractivity contribution in [2.45, 2.75) is 18.9 Å². The second-order valence-electron chi connectivity index (χ2n) is 4.47. The molecule has 14 heavy (non-hydrogen) atoms. The molecule has 2 aliphatic rings. The molecule has 1 fully saturated rings. The van der Waals surface area contributed by atoms with Crippen LogP contribution >= 0.6 is 0 Å². The van der Waals surface area contributed by atoms with Crippen LogP contribution in [0.15, 0.2) is 42.5 Å². The number of rotatable bonds is 1. The second kappa shape index (κ2) is 2.96. The lowest BCUT2D eigenvalue weighted by Crippen LogP contribution is -2.54. The third-order valence-electron chi connectivity index (χ3n) is 3.62. The Bertz CT molecular complexity index is 345. The molecule has 1 aromatic rings. The molecule has 1 spiro atoms. The van der Waals surface area contributed by atoms with Crippen molar-refractivity contribution in [1.82, 2.24) is 5.32 Å². The zero-order valence-electron chi connectivity index (χ0n) is 8.24. The molecule has 3 rings (SSSR count). The van der Waals surface area contributed by atoms with Crippen LogP contribution in [0.25, 0.3) is 0 Å². The topological polar surface area (TPSA) is 12.0 Å². The second-order valence-corrected chi connectivity index (χ2v) is 4.47. The highest BCUT2D eigenvalue weighted by molar-refractivity contribution is 5.28. The van der Waals surface area contributed by atoms with Gasteiger partial charge in [0.2, 0.25) is 0 Å². The Hall–Kier alpha value is -1.08. The zero-order chi connectivity index (χ0) is 9.43. The molecule has 0 radical (unpaired) electrons. The van der Waals surface area contributed by atoms with Gasteiger partial charge in [0.1, 0.15) is 0 Å². The van der Waals surface area contributed by atoms with Crippen LogP contribution in [0, 0.1) is 5.41 Å². The standard InChI is InChI=1S/C13H15N/c1-2-6-11(7-3-1)12-13(10-14-12)8-4-5-9-13/h1-7,12,14H,8-10H2/t12-/m1/s1. The fourth-order valence-corrected chi connectivity index (χ4v) is 2.71. The van der Waals surface area contributed by atoms with E-state index in [2.05, 4.69) is 47.8 Å². The molecule has 1 heteroatoms. The van der Waals surface area contributed by atoms with Crippen LogP contribution in [0.5, 0.6) is 0 Å². The molecule has 1 N–H and O–H groups in total. The summed E-state index contributed by atoms with van der Waals surface area (Å²) in [7, 11) is 0. The Morgan fingerprint density at radius 1 is 1.07 bits per heavy atom. The molecular weight excluding hydrogens is 170 g/mol. The van der Waals surface area contributed by atoms with Crippen LogP contribution in [0.4, 0.5) is 0 Å². The fraction of sp³-hybridized carbons (Fsp3) is 0.385. The maximum absolute atomic E-state index is 3.55. The first kappa shape index (κ1) is 8.25. The molecule has 1 aromatic carbocycles. The Morgan fingerprint density at radius 2 is 1.79 bits per heavy atom. The molecule has 0 aromatic heterocycles. The predicted octanol–water partition coefficient (Wildman–Crippen LogP) is 2.67. The van der Waals surface area contributed by atoms with Gasteiger partial charge in [0.05, 0.1) is 0 Å². The molecular formula is C13H15N. The summed E-state index contributed by atoms with van der Waals surface area (Å²) in [4.78, 5) is 0. The van der Waals surface area contributed by atoms with Gasteiger partial charge < -0.3 is 5.32 Å². The molecule has 1 saturated heterocycles. The quantitative estimate of drug-likeness (QED) is 0.663.